The third-order valence-electron chi connectivity index (χ3n) is 2.63. The summed E-state index contributed by atoms with van der Waals surface area (Å²) in [6.07, 6.45) is 1.69. The number of benzene rings is 1. The Morgan fingerprint density at radius 3 is 2.44 bits per heavy atom. The highest BCUT2D eigenvalue weighted by atomic mass is 35.5. The molecular formula is C14H17ClN2O. The summed E-state index contributed by atoms with van der Waals surface area (Å²) in [5.41, 5.74) is 1.13. The topological polar surface area (TPSA) is 37.2 Å². The lowest BCUT2D eigenvalue weighted by molar-refractivity contribution is 0.480. The molecule has 0 fully saturated rings. The minimum absolute atomic E-state index is 0.765. The lowest BCUT2D eigenvalue weighted by Gasteiger charge is -2.07. The van der Waals surface area contributed by atoms with Crippen molar-refractivity contribution in [2.24, 2.45) is 0 Å². The molecule has 0 aliphatic carbocycles. The van der Waals surface area contributed by atoms with Crippen LogP contribution in [0.2, 0.25) is 5.02 Å². The maximum absolute atomic E-state index is 6.06. The van der Waals surface area contributed by atoms with Gasteiger partial charge in [-0.25, -0.2) is 0 Å². The summed E-state index contributed by atoms with van der Waals surface area (Å²) >= 11 is 6.06. The first-order chi connectivity index (χ1) is 8.86. The summed E-state index contributed by atoms with van der Waals surface area (Å²) in [5.74, 6) is 0.959. The molecule has 1 aromatic carbocycles. The van der Waals surface area contributed by atoms with E-state index in [1.54, 1.807) is 6.26 Å². The summed E-state index contributed by atoms with van der Waals surface area (Å²) in [6, 6.07) is 11.7. The van der Waals surface area contributed by atoms with Crippen LogP contribution in [-0.2, 0) is 13.1 Å². The summed E-state index contributed by atoms with van der Waals surface area (Å²) in [4.78, 5) is 0. The third kappa shape index (κ3) is 4.18. The first-order valence-electron chi connectivity index (χ1n) is 6.03. The van der Waals surface area contributed by atoms with Gasteiger partial charge >= 0.3 is 0 Å². The molecule has 2 aromatic rings. The zero-order valence-corrected chi connectivity index (χ0v) is 10.9. The van der Waals surface area contributed by atoms with Crippen molar-refractivity contribution in [3.05, 3.63) is 59.0 Å². The fourth-order valence-corrected chi connectivity index (χ4v) is 1.87. The second-order valence-corrected chi connectivity index (χ2v) is 4.43. The van der Waals surface area contributed by atoms with Crippen molar-refractivity contribution < 1.29 is 4.42 Å². The van der Waals surface area contributed by atoms with Gasteiger partial charge in [-0.05, 0) is 23.8 Å². The van der Waals surface area contributed by atoms with E-state index in [0.717, 1.165) is 42.5 Å². The van der Waals surface area contributed by atoms with E-state index in [1.165, 1.54) is 0 Å². The molecule has 0 saturated heterocycles. The predicted molar refractivity (Wildman–Crippen MR) is 73.6 cm³/mol. The molecule has 0 atom stereocenters. The molecule has 0 unspecified atom stereocenters. The van der Waals surface area contributed by atoms with Gasteiger partial charge < -0.3 is 15.1 Å². The number of hydrogen-bond acceptors (Lipinski definition) is 3. The van der Waals surface area contributed by atoms with Gasteiger partial charge in [-0.3, -0.25) is 0 Å². The van der Waals surface area contributed by atoms with E-state index in [4.69, 9.17) is 16.0 Å². The van der Waals surface area contributed by atoms with Gasteiger partial charge in [0, 0.05) is 24.7 Å². The molecule has 0 radical (unpaired) electrons. The molecule has 0 amide bonds. The van der Waals surface area contributed by atoms with E-state index in [-0.39, 0.29) is 0 Å². The summed E-state index contributed by atoms with van der Waals surface area (Å²) in [6.45, 7) is 3.35. The summed E-state index contributed by atoms with van der Waals surface area (Å²) < 4.78 is 5.22. The Labute approximate surface area is 112 Å². The molecule has 96 valence electrons. The standard InChI is InChI=1S/C14H17ClN2O/c15-14-6-2-1-4-12(14)10-16-7-8-17-11-13-5-3-9-18-13/h1-6,9,16-17H,7-8,10-11H2. The number of rotatable bonds is 7. The zero-order chi connectivity index (χ0) is 12.6. The first kappa shape index (κ1) is 13.1. The molecule has 4 heteroatoms. The molecule has 2 rings (SSSR count). The molecule has 0 spiro atoms. The molecule has 2 N–H and O–H groups in total. The van der Waals surface area contributed by atoms with Crippen LogP contribution in [0.3, 0.4) is 0 Å². The molecule has 0 aliphatic rings. The molecule has 1 aromatic heterocycles. The minimum Gasteiger partial charge on any atom is -0.468 e. The van der Waals surface area contributed by atoms with Crippen LogP contribution in [0.1, 0.15) is 11.3 Å². The SMILES string of the molecule is Clc1ccccc1CNCCNCc1ccco1. The van der Waals surface area contributed by atoms with Gasteiger partial charge in [0.25, 0.3) is 0 Å². The average molecular weight is 265 g/mol. The van der Waals surface area contributed by atoms with E-state index in [0.29, 0.717) is 0 Å². The van der Waals surface area contributed by atoms with Crippen LogP contribution < -0.4 is 10.6 Å². The third-order valence-corrected chi connectivity index (χ3v) is 3.00. The van der Waals surface area contributed by atoms with E-state index in [1.807, 2.05) is 36.4 Å². The molecule has 3 nitrogen and oxygen atoms in total. The monoisotopic (exact) mass is 264 g/mol. The van der Waals surface area contributed by atoms with Crippen molar-refractivity contribution in [2.75, 3.05) is 13.1 Å². The minimum atomic E-state index is 0.765. The van der Waals surface area contributed by atoms with E-state index in [9.17, 15) is 0 Å². The van der Waals surface area contributed by atoms with Crippen LogP contribution in [0.25, 0.3) is 0 Å². The van der Waals surface area contributed by atoms with Crippen molar-refractivity contribution in [3.8, 4) is 0 Å². The highest BCUT2D eigenvalue weighted by Gasteiger charge is 1.98. The highest BCUT2D eigenvalue weighted by Crippen LogP contribution is 2.13. The Bertz CT molecular complexity index is 457. The lowest BCUT2D eigenvalue weighted by atomic mass is 10.2. The van der Waals surface area contributed by atoms with Gasteiger partial charge in [-0.15, -0.1) is 0 Å². The number of nitrogens with one attached hydrogen (secondary N) is 2. The van der Waals surface area contributed by atoms with Crippen LogP contribution >= 0.6 is 11.6 Å². The van der Waals surface area contributed by atoms with Gasteiger partial charge in [0.15, 0.2) is 0 Å². The lowest BCUT2D eigenvalue weighted by Crippen LogP contribution is -2.26. The fourth-order valence-electron chi connectivity index (χ4n) is 1.67. The molecular weight excluding hydrogens is 248 g/mol. The molecule has 0 aliphatic heterocycles. The predicted octanol–water partition coefficient (Wildman–Crippen LogP) is 2.81. The van der Waals surface area contributed by atoms with Crippen molar-refractivity contribution in [1.82, 2.24) is 10.6 Å². The number of halogens is 1. The van der Waals surface area contributed by atoms with Crippen LogP contribution in [0.5, 0.6) is 0 Å². The van der Waals surface area contributed by atoms with Crippen LogP contribution in [0.4, 0.5) is 0 Å². The van der Waals surface area contributed by atoms with Crippen molar-refractivity contribution in [2.45, 2.75) is 13.1 Å². The number of hydrogen-bond donors (Lipinski definition) is 2. The van der Waals surface area contributed by atoms with Gasteiger partial charge in [-0.1, -0.05) is 29.8 Å². The van der Waals surface area contributed by atoms with Crippen molar-refractivity contribution >= 4 is 11.6 Å². The summed E-state index contributed by atoms with van der Waals surface area (Å²) in [5, 5.41) is 7.46. The Kier molecular flexibility index (Phi) is 5.27. The van der Waals surface area contributed by atoms with Crippen molar-refractivity contribution in [1.29, 1.82) is 0 Å². The van der Waals surface area contributed by atoms with E-state index in [2.05, 4.69) is 10.6 Å². The first-order valence-corrected chi connectivity index (χ1v) is 6.41. The second-order valence-electron chi connectivity index (χ2n) is 4.02. The van der Waals surface area contributed by atoms with Crippen molar-refractivity contribution in [3.63, 3.8) is 0 Å². The molecule has 0 saturated carbocycles. The highest BCUT2D eigenvalue weighted by molar-refractivity contribution is 6.31. The quantitative estimate of drug-likeness (QED) is 0.755. The smallest absolute Gasteiger partial charge is 0.117 e. The molecule has 1 heterocycles. The van der Waals surface area contributed by atoms with Gasteiger partial charge in [0.1, 0.15) is 5.76 Å². The molecule has 0 bridgehead atoms. The maximum Gasteiger partial charge on any atom is 0.117 e. The largest absolute Gasteiger partial charge is 0.468 e. The number of furan rings is 1. The zero-order valence-electron chi connectivity index (χ0n) is 10.2. The Hall–Kier alpha value is -1.29. The Morgan fingerprint density at radius 1 is 0.944 bits per heavy atom. The van der Waals surface area contributed by atoms with E-state index < -0.39 is 0 Å². The Balaban J connectivity index is 1.58. The maximum atomic E-state index is 6.06. The Morgan fingerprint density at radius 2 is 1.72 bits per heavy atom. The van der Waals surface area contributed by atoms with Gasteiger partial charge in [0.2, 0.25) is 0 Å². The van der Waals surface area contributed by atoms with Gasteiger partial charge in [0.05, 0.1) is 12.8 Å². The normalized spacial score (nSPS) is 10.7. The fraction of sp³-hybridized carbons (Fsp3) is 0.286. The second kappa shape index (κ2) is 7.21. The molecule has 18 heavy (non-hydrogen) atoms. The van der Waals surface area contributed by atoms with Crippen LogP contribution in [-0.4, -0.2) is 13.1 Å². The van der Waals surface area contributed by atoms with Crippen LogP contribution in [0, 0.1) is 0 Å². The average Bonchev–Trinajstić information content (AvgIpc) is 2.89. The van der Waals surface area contributed by atoms with Gasteiger partial charge in [-0.2, -0.15) is 0 Å². The van der Waals surface area contributed by atoms with Crippen LogP contribution in [0.15, 0.2) is 47.1 Å². The summed E-state index contributed by atoms with van der Waals surface area (Å²) in [7, 11) is 0. The van der Waals surface area contributed by atoms with E-state index >= 15 is 0 Å².